The molecule has 2 aliphatic rings. The van der Waals surface area contributed by atoms with Crippen LogP contribution in [0.1, 0.15) is 32.1 Å². The minimum Gasteiger partial charge on any atom is -0.369 e. The largest absolute Gasteiger partial charge is 0.369 e. The molecule has 0 radical (unpaired) electrons. The summed E-state index contributed by atoms with van der Waals surface area (Å²) < 4.78 is 4.54. The molecular weight excluding hydrogens is 330 g/mol. The van der Waals surface area contributed by atoms with Gasteiger partial charge < -0.3 is 15.2 Å². The van der Waals surface area contributed by atoms with Crippen LogP contribution >= 0.6 is 11.5 Å². The Hall–Kier alpha value is -1.92. The molecule has 5 nitrogen and oxygen atoms in total. The maximum absolute atomic E-state index is 4.55. The minimum absolute atomic E-state index is 0.295. The molecule has 3 aromatic rings. The summed E-state index contributed by atoms with van der Waals surface area (Å²) in [5.41, 5.74) is 4.74. The van der Waals surface area contributed by atoms with Crippen molar-refractivity contribution < 1.29 is 0 Å². The number of rotatable bonds is 2. The summed E-state index contributed by atoms with van der Waals surface area (Å²) in [6.07, 6.45) is 10.5. The quantitative estimate of drug-likeness (QED) is 0.736. The maximum Gasteiger partial charge on any atom is 0.140 e. The number of nitrogens with zero attached hydrogens (tertiary/aromatic N) is 3. The first-order valence-corrected chi connectivity index (χ1v) is 10.1. The van der Waals surface area contributed by atoms with Gasteiger partial charge in [0.05, 0.1) is 16.8 Å². The summed E-state index contributed by atoms with van der Waals surface area (Å²) in [6.45, 7) is 3.37. The van der Waals surface area contributed by atoms with Crippen LogP contribution in [0.5, 0.6) is 0 Å². The van der Waals surface area contributed by atoms with Crippen LogP contribution in [0, 0.1) is 0 Å². The molecule has 25 heavy (non-hydrogen) atoms. The van der Waals surface area contributed by atoms with E-state index in [1.807, 2.05) is 11.6 Å². The van der Waals surface area contributed by atoms with Crippen LogP contribution in [-0.2, 0) is 0 Å². The second kappa shape index (κ2) is 6.11. The van der Waals surface area contributed by atoms with Crippen LogP contribution < -0.4 is 10.2 Å². The summed E-state index contributed by atoms with van der Waals surface area (Å²) in [6, 6.07) is 4.26. The number of anilines is 1. The average Bonchev–Trinajstić information content (AvgIpc) is 3.31. The van der Waals surface area contributed by atoms with Gasteiger partial charge in [0, 0.05) is 42.0 Å². The average molecular weight is 353 g/mol. The highest BCUT2D eigenvalue weighted by Crippen LogP contribution is 2.38. The summed E-state index contributed by atoms with van der Waals surface area (Å²) in [4.78, 5) is 10.5. The molecule has 0 amide bonds. The number of hydrogen-bond donors (Lipinski definition) is 2. The van der Waals surface area contributed by atoms with E-state index in [0.29, 0.717) is 5.54 Å². The highest BCUT2D eigenvalue weighted by molar-refractivity contribution is 7.03. The second-order valence-electron chi connectivity index (χ2n) is 7.33. The molecule has 1 spiro atoms. The molecule has 2 fully saturated rings. The van der Waals surface area contributed by atoms with E-state index >= 15 is 0 Å². The predicted octanol–water partition coefficient (Wildman–Crippen LogP) is 3.80. The van der Waals surface area contributed by atoms with E-state index in [4.69, 9.17) is 0 Å². The van der Waals surface area contributed by atoms with E-state index in [-0.39, 0.29) is 0 Å². The number of aromatic amines is 1. The molecule has 1 atom stereocenters. The molecule has 5 heterocycles. The summed E-state index contributed by atoms with van der Waals surface area (Å²) in [5, 5.41) is 7.09. The monoisotopic (exact) mass is 353 g/mol. The zero-order chi connectivity index (χ0) is 16.7. The van der Waals surface area contributed by atoms with Crippen molar-refractivity contribution in [3.05, 3.63) is 29.9 Å². The third kappa shape index (κ3) is 2.64. The fraction of sp³-hybridized carbons (Fsp3) is 0.474. The van der Waals surface area contributed by atoms with E-state index < -0.39 is 0 Å². The first-order valence-electron chi connectivity index (χ1n) is 9.22. The number of aromatic nitrogens is 3. The van der Waals surface area contributed by atoms with Gasteiger partial charge >= 0.3 is 0 Å². The molecule has 0 unspecified atom stereocenters. The smallest absolute Gasteiger partial charge is 0.140 e. The molecule has 2 aliphatic heterocycles. The van der Waals surface area contributed by atoms with Gasteiger partial charge in [0.15, 0.2) is 0 Å². The Morgan fingerprint density at radius 3 is 2.96 bits per heavy atom. The number of piperidine rings is 2. The van der Waals surface area contributed by atoms with Crippen LogP contribution in [0.4, 0.5) is 5.69 Å². The van der Waals surface area contributed by atoms with Gasteiger partial charge in [0.1, 0.15) is 5.65 Å². The molecule has 0 aromatic carbocycles. The molecule has 3 aromatic heterocycles. The molecular formula is C19H23N5S. The Kier molecular flexibility index (Phi) is 3.75. The Labute approximate surface area is 151 Å². The third-order valence-electron chi connectivity index (χ3n) is 5.77. The van der Waals surface area contributed by atoms with Crippen LogP contribution in [0.3, 0.4) is 0 Å². The van der Waals surface area contributed by atoms with Crippen molar-refractivity contribution in [2.45, 2.75) is 37.6 Å². The minimum atomic E-state index is 0.295. The van der Waals surface area contributed by atoms with Gasteiger partial charge in [-0.15, -0.1) is 0 Å². The van der Waals surface area contributed by atoms with Gasteiger partial charge in [-0.05, 0) is 55.9 Å². The lowest BCUT2D eigenvalue weighted by molar-refractivity contribution is 0.216. The van der Waals surface area contributed by atoms with Crippen molar-refractivity contribution in [3.63, 3.8) is 0 Å². The van der Waals surface area contributed by atoms with E-state index in [9.17, 15) is 0 Å². The Balaban J connectivity index is 1.57. The van der Waals surface area contributed by atoms with Crippen molar-refractivity contribution in [1.82, 2.24) is 19.7 Å². The lowest BCUT2D eigenvalue weighted by Gasteiger charge is -2.47. The molecule has 2 N–H and O–H groups in total. The number of H-pyrrole nitrogens is 1. The highest BCUT2D eigenvalue weighted by atomic mass is 32.1. The fourth-order valence-electron chi connectivity index (χ4n) is 4.57. The van der Waals surface area contributed by atoms with E-state index in [1.165, 1.54) is 54.7 Å². The summed E-state index contributed by atoms with van der Waals surface area (Å²) in [7, 11) is 0. The summed E-state index contributed by atoms with van der Waals surface area (Å²) in [5.74, 6) is 0. The predicted molar refractivity (Wildman–Crippen MR) is 103 cm³/mol. The SMILES string of the molecule is c1cc(N2CCC[C@@]3(CCCCN3)C2)c2c(-c3ccsn3)c[nH]c2n1. The zero-order valence-corrected chi connectivity index (χ0v) is 15.1. The van der Waals surface area contributed by atoms with Gasteiger partial charge in [-0.1, -0.05) is 6.42 Å². The van der Waals surface area contributed by atoms with Crippen LogP contribution in [-0.4, -0.2) is 39.5 Å². The van der Waals surface area contributed by atoms with Gasteiger partial charge in [-0.25, -0.2) is 4.98 Å². The fourth-order valence-corrected chi connectivity index (χ4v) is 5.10. The topological polar surface area (TPSA) is 56.8 Å². The van der Waals surface area contributed by atoms with Crippen LogP contribution in [0.15, 0.2) is 29.9 Å². The van der Waals surface area contributed by atoms with Gasteiger partial charge in [0.2, 0.25) is 0 Å². The van der Waals surface area contributed by atoms with Crippen molar-refractivity contribution in [3.8, 4) is 11.3 Å². The van der Waals surface area contributed by atoms with E-state index in [1.54, 1.807) is 0 Å². The van der Waals surface area contributed by atoms with Crippen molar-refractivity contribution in [1.29, 1.82) is 0 Å². The maximum atomic E-state index is 4.55. The molecule has 0 bridgehead atoms. The first-order chi connectivity index (χ1) is 12.3. The molecule has 6 heteroatoms. The molecule has 0 saturated carbocycles. The Morgan fingerprint density at radius 1 is 1.16 bits per heavy atom. The first kappa shape index (κ1) is 15.3. The molecule has 0 aliphatic carbocycles. The van der Waals surface area contributed by atoms with Gasteiger partial charge in [-0.3, -0.25) is 0 Å². The number of pyridine rings is 1. The lowest BCUT2D eigenvalue weighted by atomic mass is 9.81. The van der Waals surface area contributed by atoms with Gasteiger partial charge in [0.25, 0.3) is 0 Å². The van der Waals surface area contributed by atoms with E-state index in [2.05, 4.69) is 42.9 Å². The number of hydrogen-bond acceptors (Lipinski definition) is 5. The van der Waals surface area contributed by atoms with Crippen molar-refractivity contribution in [2.75, 3.05) is 24.5 Å². The van der Waals surface area contributed by atoms with Crippen molar-refractivity contribution in [2.24, 2.45) is 0 Å². The van der Waals surface area contributed by atoms with Crippen molar-refractivity contribution >= 4 is 28.3 Å². The molecule has 130 valence electrons. The standard InChI is InChI=1S/C19H23N5S/c1-2-8-22-19(6-1)7-3-10-24(13-19)16-4-9-20-18-17(16)14(12-21-18)15-5-11-25-23-15/h4-5,9,11-12,22H,1-3,6-8,10,13H2,(H,20,21)/t19-/m0/s1. The number of nitrogens with one attached hydrogen (secondary N) is 2. The molecule has 5 rings (SSSR count). The highest BCUT2D eigenvalue weighted by Gasteiger charge is 2.36. The number of fused-ring (bicyclic) bond motifs is 1. The van der Waals surface area contributed by atoms with Crippen LogP contribution in [0.2, 0.25) is 0 Å². The summed E-state index contributed by atoms with van der Waals surface area (Å²) >= 11 is 1.50. The molecule has 2 saturated heterocycles. The zero-order valence-electron chi connectivity index (χ0n) is 14.3. The normalized spacial score (nSPS) is 24.2. The Bertz CT molecular complexity index is 858. The lowest BCUT2D eigenvalue weighted by Crippen LogP contribution is -2.59. The van der Waals surface area contributed by atoms with Crippen LogP contribution in [0.25, 0.3) is 22.3 Å². The Morgan fingerprint density at radius 2 is 2.12 bits per heavy atom. The van der Waals surface area contributed by atoms with Gasteiger partial charge in [-0.2, -0.15) is 4.37 Å². The third-order valence-corrected chi connectivity index (χ3v) is 6.32. The second-order valence-corrected chi connectivity index (χ2v) is 8.00. The van der Waals surface area contributed by atoms with E-state index in [0.717, 1.165) is 36.5 Å².